The highest BCUT2D eigenvalue weighted by Crippen LogP contribution is 2.36. The molecule has 2 rings (SSSR count). The van der Waals surface area contributed by atoms with Crippen molar-refractivity contribution in [1.29, 1.82) is 0 Å². The quantitative estimate of drug-likeness (QED) is 0.836. The van der Waals surface area contributed by atoms with Crippen LogP contribution >= 0.6 is 15.9 Å². The molecule has 1 unspecified atom stereocenters. The molecule has 1 atom stereocenters. The van der Waals surface area contributed by atoms with Gasteiger partial charge in [0.25, 0.3) is 0 Å². The zero-order chi connectivity index (χ0) is 10.3. The van der Waals surface area contributed by atoms with E-state index < -0.39 is 11.9 Å². The molecule has 14 heavy (non-hydrogen) atoms. The fraction of sp³-hybridized carbons (Fsp3) is 0.200. The number of carbonyl (C=O) groups excluding carboxylic acids is 1. The van der Waals surface area contributed by atoms with Crippen LogP contribution in [-0.4, -0.2) is 16.9 Å². The first kappa shape index (κ1) is 9.40. The molecule has 0 saturated heterocycles. The highest BCUT2D eigenvalue weighted by molar-refractivity contribution is 9.10. The Morgan fingerprint density at radius 2 is 2.21 bits per heavy atom. The maximum absolute atomic E-state index is 11.5. The second-order valence-corrected chi connectivity index (χ2v) is 4.08. The number of halogens is 1. The van der Waals surface area contributed by atoms with Crippen LogP contribution < -0.4 is 0 Å². The first-order valence-corrected chi connectivity index (χ1v) is 4.95. The highest BCUT2D eigenvalue weighted by atomic mass is 79.9. The number of aliphatic carboxylic acids is 1. The standard InChI is InChI=1S/C10H7BrO3/c11-7-3-1-2-5-6(10(13)14)4-8(12)9(5)7/h1-3,6H,4H2,(H,13,14). The monoisotopic (exact) mass is 254 g/mol. The molecule has 0 amide bonds. The normalized spacial score (nSPS) is 19.5. The van der Waals surface area contributed by atoms with Crippen LogP contribution in [0.1, 0.15) is 28.3 Å². The number of carboxylic acid groups (broad SMARTS) is 1. The maximum Gasteiger partial charge on any atom is 0.311 e. The number of hydrogen-bond acceptors (Lipinski definition) is 2. The van der Waals surface area contributed by atoms with Crippen molar-refractivity contribution in [2.24, 2.45) is 0 Å². The Morgan fingerprint density at radius 1 is 1.50 bits per heavy atom. The number of carbonyl (C=O) groups is 2. The summed E-state index contributed by atoms with van der Waals surface area (Å²) in [6.45, 7) is 0. The zero-order valence-electron chi connectivity index (χ0n) is 7.16. The molecule has 72 valence electrons. The Labute approximate surface area is 88.9 Å². The second kappa shape index (κ2) is 3.20. The summed E-state index contributed by atoms with van der Waals surface area (Å²) in [7, 11) is 0. The Hall–Kier alpha value is -1.16. The largest absolute Gasteiger partial charge is 0.481 e. The van der Waals surface area contributed by atoms with Crippen molar-refractivity contribution in [1.82, 2.24) is 0 Å². The van der Waals surface area contributed by atoms with Crippen LogP contribution in [0.4, 0.5) is 0 Å². The number of fused-ring (bicyclic) bond motifs is 1. The van der Waals surface area contributed by atoms with E-state index in [0.717, 1.165) is 0 Å². The van der Waals surface area contributed by atoms with E-state index in [-0.39, 0.29) is 12.2 Å². The van der Waals surface area contributed by atoms with Gasteiger partial charge in [-0.15, -0.1) is 0 Å². The average Bonchev–Trinajstić information content (AvgIpc) is 2.45. The lowest BCUT2D eigenvalue weighted by Gasteiger charge is -2.04. The molecular weight excluding hydrogens is 248 g/mol. The summed E-state index contributed by atoms with van der Waals surface area (Å²) in [6.07, 6.45) is 0.0767. The Balaban J connectivity index is 2.60. The van der Waals surface area contributed by atoms with Crippen LogP contribution in [0.25, 0.3) is 0 Å². The summed E-state index contributed by atoms with van der Waals surface area (Å²) in [5.74, 6) is -1.70. The fourth-order valence-corrected chi connectivity index (χ4v) is 2.35. The van der Waals surface area contributed by atoms with Crippen LogP contribution in [-0.2, 0) is 4.79 Å². The lowest BCUT2D eigenvalue weighted by molar-refractivity contribution is -0.138. The van der Waals surface area contributed by atoms with Gasteiger partial charge in [0, 0.05) is 16.5 Å². The molecule has 0 fully saturated rings. The van der Waals surface area contributed by atoms with Crippen molar-refractivity contribution in [2.75, 3.05) is 0 Å². The fourth-order valence-electron chi connectivity index (χ4n) is 1.74. The van der Waals surface area contributed by atoms with Crippen molar-refractivity contribution >= 4 is 27.7 Å². The molecule has 1 N–H and O–H groups in total. The van der Waals surface area contributed by atoms with Crippen molar-refractivity contribution in [3.05, 3.63) is 33.8 Å². The molecule has 3 nitrogen and oxygen atoms in total. The molecule has 0 saturated carbocycles. The van der Waals surface area contributed by atoms with Crippen LogP contribution in [0.5, 0.6) is 0 Å². The van der Waals surface area contributed by atoms with E-state index in [1.54, 1.807) is 18.2 Å². The molecule has 1 aromatic rings. The van der Waals surface area contributed by atoms with Gasteiger partial charge >= 0.3 is 5.97 Å². The van der Waals surface area contributed by atoms with Gasteiger partial charge in [0.15, 0.2) is 5.78 Å². The molecule has 1 aliphatic carbocycles. The molecule has 1 aliphatic rings. The van der Waals surface area contributed by atoms with E-state index in [1.807, 2.05) is 0 Å². The lowest BCUT2D eigenvalue weighted by Crippen LogP contribution is -2.08. The first-order valence-electron chi connectivity index (χ1n) is 4.15. The SMILES string of the molecule is O=C1CC(C(=O)O)c2cccc(Br)c21. The topological polar surface area (TPSA) is 54.4 Å². The summed E-state index contributed by atoms with van der Waals surface area (Å²) in [5.41, 5.74) is 1.15. The van der Waals surface area contributed by atoms with Crippen molar-refractivity contribution < 1.29 is 14.7 Å². The van der Waals surface area contributed by atoms with Gasteiger partial charge in [-0.05, 0) is 11.6 Å². The van der Waals surface area contributed by atoms with Crippen LogP contribution in [0.3, 0.4) is 0 Å². The van der Waals surface area contributed by atoms with Crippen LogP contribution in [0, 0.1) is 0 Å². The number of rotatable bonds is 1. The van der Waals surface area contributed by atoms with E-state index in [9.17, 15) is 9.59 Å². The van der Waals surface area contributed by atoms with E-state index in [0.29, 0.717) is 15.6 Å². The molecule has 0 aromatic heterocycles. The third kappa shape index (κ3) is 1.26. The summed E-state index contributed by atoms with van der Waals surface area (Å²) in [6, 6.07) is 5.20. The van der Waals surface area contributed by atoms with E-state index in [1.165, 1.54) is 0 Å². The summed E-state index contributed by atoms with van der Waals surface area (Å²) in [5, 5.41) is 8.90. The van der Waals surface area contributed by atoms with Gasteiger partial charge in [0.1, 0.15) is 0 Å². The smallest absolute Gasteiger partial charge is 0.311 e. The molecule has 0 radical (unpaired) electrons. The van der Waals surface area contributed by atoms with Crippen LogP contribution in [0.15, 0.2) is 22.7 Å². The predicted molar refractivity (Wildman–Crippen MR) is 53.5 cm³/mol. The third-order valence-corrected chi connectivity index (χ3v) is 3.05. The summed E-state index contributed by atoms with van der Waals surface area (Å²) < 4.78 is 0.684. The Bertz CT molecular complexity index is 425. The van der Waals surface area contributed by atoms with Crippen LogP contribution in [0.2, 0.25) is 0 Å². The summed E-state index contributed by atoms with van der Waals surface area (Å²) >= 11 is 3.25. The lowest BCUT2D eigenvalue weighted by atomic mass is 10.0. The van der Waals surface area contributed by atoms with E-state index in [4.69, 9.17) is 5.11 Å². The van der Waals surface area contributed by atoms with Gasteiger partial charge in [-0.2, -0.15) is 0 Å². The minimum absolute atomic E-state index is 0.0767. The second-order valence-electron chi connectivity index (χ2n) is 3.22. The van der Waals surface area contributed by atoms with Gasteiger partial charge in [0.05, 0.1) is 5.92 Å². The number of ketones is 1. The van der Waals surface area contributed by atoms with Gasteiger partial charge in [-0.25, -0.2) is 0 Å². The van der Waals surface area contributed by atoms with E-state index in [2.05, 4.69) is 15.9 Å². The van der Waals surface area contributed by atoms with Gasteiger partial charge in [-0.3, -0.25) is 9.59 Å². The minimum atomic E-state index is -0.935. The average molecular weight is 255 g/mol. The summed E-state index contributed by atoms with van der Waals surface area (Å²) in [4.78, 5) is 22.4. The minimum Gasteiger partial charge on any atom is -0.481 e. The number of hydrogen-bond donors (Lipinski definition) is 1. The third-order valence-electron chi connectivity index (χ3n) is 2.39. The molecule has 1 aromatic carbocycles. The highest BCUT2D eigenvalue weighted by Gasteiger charge is 2.35. The number of benzene rings is 1. The van der Waals surface area contributed by atoms with Gasteiger partial charge in [-0.1, -0.05) is 28.1 Å². The Morgan fingerprint density at radius 3 is 2.86 bits per heavy atom. The van der Waals surface area contributed by atoms with E-state index >= 15 is 0 Å². The van der Waals surface area contributed by atoms with Gasteiger partial charge < -0.3 is 5.11 Å². The number of carboxylic acids is 1. The molecule has 4 heteroatoms. The molecule has 0 spiro atoms. The molecular formula is C10H7BrO3. The van der Waals surface area contributed by atoms with Crippen molar-refractivity contribution in [3.63, 3.8) is 0 Å². The van der Waals surface area contributed by atoms with Gasteiger partial charge in [0.2, 0.25) is 0 Å². The number of Topliss-reactive ketones (excluding diaryl/α,β-unsaturated/α-hetero) is 1. The zero-order valence-corrected chi connectivity index (χ0v) is 8.74. The molecule has 0 bridgehead atoms. The first-order chi connectivity index (χ1) is 6.61. The molecule has 0 heterocycles. The van der Waals surface area contributed by atoms with Crippen molar-refractivity contribution in [2.45, 2.75) is 12.3 Å². The molecule has 0 aliphatic heterocycles. The Kier molecular flexibility index (Phi) is 2.15. The maximum atomic E-state index is 11.5. The predicted octanol–water partition coefficient (Wildman–Crippen LogP) is 2.20. The van der Waals surface area contributed by atoms with Crippen molar-refractivity contribution in [3.8, 4) is 0 Å².